The first-order chi connectivity index (χ1) is 10.2. The third-order valence-corrected chi connectivity index (χ3v) is 6.48. The molecule has 0 unspecified atom stereocenters. The molecule has 3 N–H and O–H groups in total. The molecule has 0 saturated carbocycles. The summed E-state index contributed by atoms with van der Waals surface area (Å²) in [6.45, 7) is 2.27. The topological polar surface area (TPSA) is 58.4 Å². The van der Waals surface area contributed by atoms with Crippen LogP contribution in [0, 0.1) is 0 Å². The van der Waals surface area contributed by atoms with E-state index in [9.17, 15) is 4.79 Å². The number of rotatable bonds is 1. The zero-order chi connectivity index (χ0) is 14.7. The maximum atomic E-state index is 12.7. The Morgan fingerprint density at radius 2 is 2.00 bits per heavy atom. The summed E-state index contributed by atoms with van der Waals surface area (Å²) in [6.07, 6.45) is 0.954. The first-order valence-electron chi connectivity index (χ1n) is 7.33. The number of amides is 1. The molecule has 0 aromatic heterocycles. The van der Waals surface area contributed by atoms with Crippen LogP contribution in [0.15, 0.2) is 24.3 Å². The van der Waals surface area contributed by atoms with E-state index in [0.717, 1.165) is 31.0 Å². The zero-order valence-corrected chi connectivity index (χ0v) is 13.6. The van der Waals surface area contributed by atoms with Crippen LogP contribution in [0.1, 0.15) is 11.1 Å². The molecule has 0 spiro atoms. The van der Waals surface area contributed by atoms with Gasteiger partial charge in [0.25, 0.3) is 0 Å². The van der Waals surface area contributed by atoms with E-state index in [0.29, 0.717) is 6.54 Å². The molecule has 1 saturated heterocycles. The normalized spacial score (nSPS) is 26.6. The van der Waals surface area contributed by atoms with Crippen LogP contribution in [0.5, 0.6) is 0 Å². The van der Waals surface area contributed by atoms with E-state index in [-0.39, 0.29) is 18.0 Å². The number of hydrogen-bond donors (Lipinski definition) is 2. The van der Waals surface area contributed by atoms with Gasteiger partial charge in [-0.1, -0.05) is 45.9 Å². The number of fused-ring (bicyclic) bond motifs is 1. The molecule has 2 aliphatic rings. The van der Waals surface area contributed by atoms with E-state index in [2.05, 4.69) is 23.5 Å². The van der Waals surface area contributed by atoms with E-state index in [1.54, 1.807) is 21.6 Å². The smallest absolute Gasteiger partial charge is 0.240 e. The molecule has 0 aliphatic carbocycles. The van der Waals surface area contributed by atoms with E-state index >= 15 is 0 Å². The molecule has 2 heterocycles. The van der Waals surface area contributed by atoms with E-state index < -0.39 is 0 Å². The van der Waals surface area contributed by atoms with Gasteiger partial charge in [-0.2, -0.15) is 0 Å². The fourth-order valence-electron chi connectivity index (χ4n) is 2.73. The number of benzene rings is 1. The lowest BCUT2D eigenvalue weighted by Gasteiger charge is -2.33. The lowest BCUT2D eigenvalue weighted by atomic mass is 9.99. The van der Waals surface area contributed by atoms with Crippen LogP contribution in [0.3, 0.4) is 0 Å². The van der Waals surface area contributed by atoms with Crippen molar-refractivity contribution in [2.24, 2.45) is 5.73 Å². The number of carbonyl (C=O) groups excluding carboxylic acids is 1. The minimum absolute atomic E-state index is 0.112. The zero-order valence-electron chi connectivity index (χ0n) is 12.0. The summed E-state index contributed by atoms with van der Waals surface area (Å²) in [5.74, 6) is 1.97. The number of hydrogen-bond acceptors (Lipinski definition) is 5. The van der Waals surface area contributed by atoms with Crippen molar-refractivity contribution in [3.05, 3.63) is 35.4 Å². The third kappa shape index (κ3) is 3.74. The Labute approximate surface area is 133 Å². The summed E-state index contributed by atoms with van der Waals surface area (Å²) < 4.78 is 0. The van der Waals surface area contributed by atoms with Crippen LogP contribution in [-0.4, -0.2) is 47.5 Å². The summed E-state index contributed by atoms with van der Waals surface area (Å²) in [6, 6.07) is 8.42. The van der Waals surface area contributed by atoms with Crippen molar-refractivity contribution < 1.29 is 4.79 Å². The minimum Gasteiger partial charge on any atom is -0.337 e. The predicted molar refractivity (Wildman–Crippen MR) is 90.2 cm³/mol. The van der Waals surface area contributed by atoms with Crippen molar-refractivity contribution in [1.82, 2.24) is 10.2 Å². The Balaban J connectivity index is 1.65. The molecule has 4 nitrogen and oxygen atoms in total. The third-order valence-electron chi connectivity index (χ3n) is 3.97. The van der Waals surface area contributed by atoms with Gasteiger partial charge in [-0.15, -0.1) is 0 Å². The monoisotopic (exact) mass is 323 g/mol. The highest BCUT2D eigenvalue weighted by Crippen LogP contribution is 2.25. The van der Waals surface area contributed by atoms with Crippen LogP contribution in [-0.2, 0) is 17.8 Å². The summed E-state index contributed by atoms with van der Waals surface area (Å²) in [4.78, 5) is 14.7. The van der Waals surface area contributed by atoms with Crippen LogP contribution < -0.4 is 11.1 Å². The standard InChI is InChI=1S/C15H21N3OS2/c16-13-7-17-14(10-21-20-9-13)15(19)18-6-5-11-3-1-2-4-12(11)8-18/h1-4,13-14,17H,5-10,16H2/t13-,14+/m1/s1. The summed E-state index contributed by atoms with van der Waals surface area (Å²) in [5, 5.41) is 3.34. The molecule has 3 rings (SSSR count). The van der Waals surface area contributed by atoms with Gasteiger partial charge in [0, 0.05) is 37.2 Å². The van der Waals surface area contributed by atoms with Crippen molar-refractivity contribution in [3.63, 3.8) is 0 Å². The van der Waals surface area contributed by atoms with Crippen molar-refractivity contribution >= 4 is 27.5 Å². The fourth-order valence-corrected chi connectivity index (χ4v) is 5.12. The molecule has 21 heavy (non-hydrogen) atoms. The maximum Gasteiger partial charge on any atom is 0.240 e. The molecule has 6 heteroatoms. The predicted octanol–water partition coefficient (Wildman–Crippen LogP) is 1.25. The lowest BCUT2D eigenvalue weighted by molar-refractivity contribution is -0.133. The van der Waals surface area contributed by atoms with Gasteiger partial charge in [-0.25, -0.2) is 0 Å². The van der Waals surface area contributed by atoms with E-state index in [4.69, 9.17) is 5.73 Å². The Kier molecular flexibility index (Phi) is 5.11. The van der Waals surface area contributed by atoms with Crippen molar-refractivity contribution in [1.29, 1.82) is 0 Å². The second kappa shape index (κ2) is 7.05. The Hall–Kier alpha value is -0.690. The number of nitrogens with zero attached hydrogens (tertiary/aromatic N) is 1. The van der Waals surface area contributed by atoms with Gasteiger partial charge in [-0.3, -0.25) is 4.79 Å². The number of nitrogens with one attached hydrogen (secondary N) is 1. The van der Waals surface area contributed by atoms with Gasteiger partial charge in [0.05, 0.1) is 6.04 Å². The van der Waals surface area contributed by atoms with Gasteiger partial charge in [0.1, 0.15) is 0 Å². The highest BCUT2D eigenvalue weighted by Gasteiger charge is 2.28. The van der Waals surface area contributed by atoms with Crippen LogP contribution in [0.2, 0.25) is 0 Å². The van der Waals surface area contributed by atoms with Gasteiger partial charge < -0.3 is 16.0 Å². The van der Waals surface area contributed by atoms with E-state index in [1.807, 2.05) is 11.0 Å². The van der Waals surface area contributed by atoms with Gasteiger partial charge in [0.2, 0.25) is 5.91 Å². The van der Waals surface area contributed by atoms with Crippen molar-refractivity contribution in [2.75, 3.05) is 24.6 Å². The molecule has 1 aromatic carbocycles. The van der Waals surface area contributed by atoms with Crippen LogP contribution >= 0.6 is 21.6 Å². The second-order valence-corrected chi connectivity index (χ2v) is 8.12. The fraction of sp³-hybridized carbons (Fsp3) is 0.533. The number of nitrogens with two attached hydrogens (primary N) is 1. The largest absolute Gasteiger partial charge is 0.337 e. The van der Waals surface area contributed by atoms with Crippen LogP contribution in [0.25, 0.3) is 0 Å². The highest BCUT2D eigenvalue weighted by molar-refractivity contribution is 8.76. The minimum atomic E-state index is -0.112. The molecule has 0 radical (unpaired) electrons. The number of carbonyl (C=O) groups is 1. The van der Waals surface area contributed by atoms with Crippen molar-refractivity contribution in [3.8, 4) is 0 Å². The molecular formula is C15H21N3OS2. The summed E-state index contributed by atoms with van der Waals surface area (Å²) >= 11 is 0. The van der Waals surface area contributed by atoms with Gasteiger partial charge in [-0.05, 0) is 17.5 Å². The van der Waals surface area contributed by atoms with Gasteiger partial charge >= 0.3 is 0 Å². The van der Waals surface area contributed by atoms with Gasteiger partial charge in [0.15, 0.2) is 0 Å². The first kappa shape index (κ1) is 15.2. The molecule has 2 atom stereocenters. The molecule has 2 aliphatic heterocycles. The first-order valence-corrected chi connectivity index (χ1v) is 9.82. The average Bonchev–Trinajstić information content (AvgIpc) is 2.50. The van der Waals surface area contributed by atoms with E-state index in [1.165, 1.54) is 11.1 Å². The van der Waals surface area contributed by atoms with Crippen LogP contribution in [0.4, 0.5) is 0 Å². The molecule has 114 valence electrons. The highest BCUT2D eigenvalue weighted by atomic mass is 33.1. The molecule has 1 fully saturated rings. The summed E-state index contributed by atoms with van der Waals surface area (Å²) in [5.41, 5.74) is 8.64. The second-order valence-electron chi connectivity index (χ2n) is 5.57. The van der Waals surface area contributed by atoms with Crippen molar-refractivity contribution in [2.45, 2.75) is 25.0 Å². The molecule has 0 bridgehead atoms. The average molecular weight is 323 g/mol. The summed E-state index contributed by atoms with van der Waals surface area (Å²) in [7, 11) is 3.52. The molecular weight excluding hydrogens is 302 g/mol. The SMILES string of the molecule is N[C@@H]1CN[C@H](C(=O)N2CCc3ccccc3C2)CSSC1. The Morgan fingerprint density at radius 3 is 2.86 bits per heavy atom. The lowest BCUT2D eigenvalue weighted by Crippen LogP contribution is -2.52. The quantitative estimate of drug-likeness (QED) is 0.762. The maximum absolute atomic E-state index is 12.7. The molecule has 1 aromatic rings. The Bertz CT molecular complexity index is 511. The molecule has 1 amide bonds. The Morgan fingerprint density at radius 1 is 1.24 bits per heavy atom.